The van der Waals surface area contributed by atoms with Gasteiger partial charge in [0, 0.05) is 13.0 Å². The van der Waals surface area contributed by atoms with E-state index in [4.69, 9.17) is 18.5 Å². The summed E-state index contributed by atoms with van der Waals surface area (Å²) in [7, 11) is 1.29. The first-order valence-corrected chi connectivity index (χ1v) is 22.4. The Kier molecular flexibility index (Phi) is 36.5. The van der Waals surface area contributed by atoms with Crippen LogP contribution in [0.15, 0.2) is 97.2 Å². The van der Waals surface area contributed by atoms with E-state index in [-0.39, 0.29) is 26.2 Å². The predicted molar refractivity (Wildman–Crippen MR) is 231 cm³/mol. The van der Waals surface area contributed by atoms with Crippen molar-refractivity contribution in [1.29, 1.82) is 0 Å². The molecule has 0 radical (unpaired) electrons. The van der Waals surface area contributed by atoms with Gasteiger partial charge in [0.1, 0.15) is 19.3 Å². The molecule has 0 amide bonds. The lowest BCUT2D eigenvalue weighted by Gasteiger charge is -2.28. The lowest BCUT2D eigenvalue weighted by molar-refractivity contribution is -0.870. The first kappa shape index (κ1) is 52.4. The molecule has 0 rings (SSSR count). The van der Waals surface area contributed by atoms with E-state index in [1.54, 1.807) is 0 Å². The molecular weight excluding hydrogens is 709 g/mol. The Morgan fingerprint density at radius 3 is 1.49 bits per heavy atom. The van der Waals surface area contributed by atoms with Crippen molar-refractivity contribution >= 4 is 13.8 Å². The normalized spacial score (nSPS) is 14.8. The lowest BCUT2D eigenvalue weighted by Crippen LogP contribution is -2.37. The summed E-state index contributed by atoms with van der Waals surface area (Å²) in [4.78, 5) is 25.0. The van der Waals surface area contributed by atoms with Crippen molar-refractivity contribution in [1.82, 2.24) is 0 Å². The smallest absolute Gasteiger partial charge is 0.306 e. The number of hydrogen-bond donors (Lipinski definition) is 0. The highest BCUT2D eigenvalue weighted by Gasteiger charge is 2.20. The van der Waals surface area contributed by atoms with Crippen molar-refractivity contribution in [2.45, 2.75) is 136 Å². The zero-order valence-corrected chi connectivity index (χ0v) is 36.2. The van der Waals surface area contributed by atoms with Gasteiger partial charge in [-0.2, -0.15) is 0 Å². The maximum absolute atomic E-state index is 12.6. The lowest BCUT2D eigenvalue weighted by atomic mass is 10.1. The number of esters is 1. The fraction of sp³-hybridized carbons (Fsp3) is 0.630. The van der Waals surface area contributed by atoms with E-state index >= 15 is 0 Å². The first-order valence-electron chi connectivity index (χ1n) is 21.0. The highest BCUT2D eigenvalue weighted by molar-refractivity contribution is 7.45. The van der Waals surface area contributed by atoms with Gasteiger partial charge in [0.15, 0.2) is 0 Å². The minimum absolute atomic E-state index is 0.00535. The van der Waals surface area contributed by atoms with E-state index in [1.807, 2.05) is 33.3 Å². The minimum Gasteiger partial charge on any atom is -0.756 e. The molecule has 0 heterocycles. The number of hydrogen-bond acceptors (Lipinski definition) is 7. The Morgan fingerprint density at radius 2 is 1.00 bits per heavy atom. The summed E-state index contributed by atoms with van der Waals surface area (Å²) in [6.07, 6.45) is 51.6. The third kappa shape index (κ3) is 42.4. The summed E-state index contributed by atoms with van der Waals surface area (Å²) in [5, 5.41) is 0. The van der Waals surface area contributed by atoms with Crippen LogP contribution in [0.5, 0.6) is 0 Å². The van der Waals surface area contributed by atoms with Crippen LogP contribution in [-0.2, 0) is 27.9 Å². The summed E-state index contributed by atoms with van der Waals surface area (Å²) < 4.78 is 34.4. The van der Waals surface area contributed by atoms with E-state index < -0.39 is 19.9 Å². The monoisotopic (exact) mass is 788 g/mol. The largest absolute Gasteiger partial charge is 0.756 e. The number of nitrogens with zero attached hydrogens (tertiary/aromatic N) is 1. The fourth-order valence-corrected chi connectivity index (χ4v) is 5.69. The van der Waals surface area contributed by atoms with Gasteiger partial charge in [-0.1, -0.05) is 143 Å². The predicted octanol–water partition coefficient (Wildman–Crippen LogP) is 11.6. The molecule has 0 aliphatic carbocycles. The van der Waals surface area contributed by atoms with Gasteiger partial charge < -0.3 is 27.9 Å². The minimum atomic E-state index is -4.55. The molecule has 9 heteroatoms. The van der Waals surface area contributed by atoms with Crippen LogP contribution in [0.25, 0.3) is 0 Å². The summed E-state index contributed by atoms with van der Waals surface area (Å²) in [6, 6.07) is 0. The molecule has 0 bridgehead atoms. The second-order valence-electron chi connectivity index (χ2n) is 14.6. The van der Waals surface area contributed by atoms with E-state index in [9.17, 15) is 14.3 Å². The maximum Gasteiger partial charge on any atom is 0.306 e. The van der Waals surface area contributed by atoms with Crippen LogP contribution in [0, 0.1) is 0 Å². The second kappa shape index (κ2) is 38.3. The molecule has 2 unspecified atom stereocenters. The number of rotatable bonds is 37. The van der Waals surface area contributed by atoms with Crippen LogP contribution in [0.3, 0.4) is 0 Å². The van der Waals surface area contributed by atoms with E-state index in [0.29, 0.717) is 24.1 Å². The molecule has 0 saturated carbocycles. The second-order valence-corrected chi connectivity index (χ2v) is 16.0. The van der Waals surface area contributed by atoms with Gasteiger partial charge in [-0.25, -0.2) is 0 Å². The molecule has 2 atom stereocenters. The molecule has 0 aliphatic heterocycles. The average molecular weight is 788 g/mol. The van der Waals surface area contributed by atoms with Crippen LogP contribution in [-0.4, -0.2) is 70.7 Å². The van der Waals surface area contributed by atoms with Crippen LogP contribution < -0.4 is 4.89 Å². The van der Waals surface area contributed by atoms with Crippen LogP contribution >= 0.6 is 7.82 Å². The number of phosphoric acid groups is 1. The third-order valence-electron chi connectivity index (χ3n) is 8.14. The van der Waals surface area contributed by atoms with Crippen LogP contribution in [0.2, 0.25) is 0 Å². The molecule has 0 saturated heterocycles. The molecule has 55 heavy (non-hydrogen) atoms. The first-order chi connectivity index (χ1) is 26.6. The Balaban J connectivity index is 4.35. The van der Waals surface area contributed by atoms with Crippen molar-refractivity contribution in [3.63, 3.8) is 0 Å². The number of likely N-dealkylation sites (N-methyl/N-ethyl adjacent to an activating group) is 1. The van der Waals surface area contributed by atoms with Crippen molar-refractivity contribution in [2.24, 2.45) is 0 Å². The molecule has 314 valence electrons. The molecule has 0 N–H and O–H groups in total. The topological polar surface area (TPSA) is 94.1 Å². The van der Waals surface area contributed by atoms with Crippen molar-refractivity contribution in [3.05, 3.63) is 97.2 Å². The third-order valence-corrected chi connectivity index (χ3v) is 9.11. The molecule has 0 aromatic carbocycles. The molecule has 0 aromatic rings. The Bertz CT molecular complexity index is 1190. The quantitative estimate of drug-likeness (QED) is 0.0203. The van der Waals surface area contributed by atoms with Crippen molar-refractivity contribution in [2.75, 3.05) is 54.1 Å². The van der Waals surface area contributed by atoms with Gasteiger partial charge in [-0.05, 0) is 77.0 Å². The van der Waals surface area contributed by atoms with E-state index in [1.165, 1.54) is 25.7 Å². The number of carbonyl (C=O) groups is 1. The highest BCUT2D eigenvalue weighted by atomic mass is 31.2. The summed E-state index contributed by atoms with van der Waals surface area (Å²) in [5.41, 5.74) is 0. The van der Waals surface area contributed by atoms with Crippen LogP contribution in [0.4, 0.5) is 0 Å². The number of phosphoric ester groups is 1. The van der Waals surface area contributed by atoms with Gasteiger partial charge in [0.2, 0.25) is 0 Å². The average Bonchev–Trinajstić information content (AvgIpc) is 3.13. The van der Waals surface area contributed by atoms with Gasteiger partial charge >= 0.3 is 5.97 Å². The molecule has 0 fully saturated rings. The van der Waals surface area contributed by atoms with E-state index in [0.717, 1.165) is 77.0 Å². The Morgan fingerprint density at radius 1 is 0.564 bits per heavy atom. The number of ether oxygens (including phenoxy) is 2. The molecule has 0 aliphatic rings. The zero-order chi connectivity index (χ0) is 40.6. The number of carbonyl (C=O) groups excluding carboxylic acids is 1. The van der Waals surface area contributed by atoms with Gasteiger partial charge in [-0.3, -0.25) is 9.36 Å². The Hall–Kier alpha value is -2.58. The van der Waals surface area contributed by atoms with E-state index in [2.05, 4.69) is 98.9 Å². The number of allylic oxidation sites excluding steroid dienone is 16. The van der Waals surface area contributed by atoms with Gasteiger partial charge in [-0.15, -0.1) is 0 Å². The van der Waals surface area contributed by atoms with Gasteiger partial charge in [0.05, 0.1) is 34.4 Å². The molecule has 0 aromatic heterocycles. The summed E-state index contributed by atoms with van der Waals surface area (Å²) in [6.45, 7) is 5.01. The number of quaternary nitrogens is 1. The Labute approximate surface area is 337 Å². The SMILES string of the molecule is CC/C=C\C/C=C\C/C=C\C/C=C\CCCCCCCCCOCC(COP(=O)([O-])OCC[N+](C)(C)C)OC(=O)CC/C=C\C/C=C\C/C=C\C/C=C\CC. The van der Waals surface area contributed by atoms with Crippen LogP contribution in [0.1, 0.15) is 129 Å². The summed E-state index contributed by atoms with van der Waals surface area (Å²) >= 11 is 0. The molecule has 0 spiro atoms. The zero-order valence-electron chi connectivity index (χ0n) is 35.3. The fourth-order valence-electron chi connectivity index (χ4n) is 4.96. The molecular formula is C46H78NO7P. The van der Waals surface area contributed by atoms with Crippen molar-refractivity contribution in [3.8, 4) is 0 Å². The summed E-state index contributed by atoms with van der Waals surface area (Å²) in [5.74, 6) is -0.423. The highest BCUT2D eigenvalue weighted by Crippen LogP contribution is 2.38. The van der Waals surface area contributed by atoms with Crippen molar-refractivity contribution < 1.29 is 37.3 Å². The maximum atomic E-state index is 12.6. The van der Waals surface area contributed by atoms with Gasteiger partial charge in [0.25, 0.3) is 7.82 Å². The molecule has 8 nitrogen and oxygen atoms in total. The standard InChI is InChI=1S/C46H78NO7P/c1-6-8-10-12-14-16-18-20-21-22-23-24-25-26-28-30-32-34-36-38-41-51-43-45(44-53-55(49,50)52-42-40-47(3,4)5)54-46(48)39-37-35-33-31-29-27-19-17-15-13-11-9-7-2/h8-11,14-17,20-21,23-24,27,29,33,35,45H,6-7,12-13,18-19,22,25-26,28,30-32,34,36-44H2,1-5H3/b10-8-,11-9-,16-14-,17-15-,21-20-,24-23-,29-27-,35-33-. The number of unbranched alkanes of at least 4 members (excludes halogenated alkanes) is 7.